The number of carbonyl (C=O) groups excluding carboxylic acids is 2. The van der Waals surface area contributed by atoms with Crippen molar-refractivity contribution in [3.8, 4) is 0 Å². The van der Waals surface area contributed by atoms with Crippen LogP contribution < -0.4 is 0 Å². The van der Waals surface area contributed by atoms with Gasteiger partial charge >= 0.3 is 5.97 Å². The number of ether oxygens (including phenoxy) is 1. The van der Waals surface area contributed by atoms with Crippen molar-refractivity contribution >= 4 is 11.9 Å². The lowest BCUT2D eigenvalue weighted by Gasteiger charge is -2.28. The van der Waals surface area contributed by atoms with Crippen molar-refractivity contribution in [2.24, 2.45) is 0 Å². The molecule has 1 rings (SSSR count). The van der Waals surface area contributed by atoms with Crippen LogP contribution in [0.2, 0.25) is 0 Å². The number of benzene rings is 1. The van der Waals surface area contributed by atoms with Crippen molar-refractivity contribution in [2.75, 3.05) is 13.7 Å². The molecule has 0 fully saturated rings. The number of hydrogen-bond donors (Lipinski definition) is 0. The van der Waals surface area contributed by atoms with Gasteiger partial charge in [-0.15, -0.1) is 6.58 Å². The molecule has 0 bridgehead atoms. The summed E-state index contributed by atoms with van der Waals surface area (Å²) in [5.41, 5.74) is 1.02. The number of methoxy groups -OCH3 is 1. The van der Waals surface area contributed by atoms with E-state index in [1.54, 1.807) is 11.0 Å². The molecule has 102 valence electrons. The second-order valence-electron chi connectivity index (χ2n) is 4.17. The number of carbonyl (C=O) groups is 2. The van der Waals surface area contributed by atoms with Crippen molar-refractivity contribution in [1.82, 2.24) is 4.90 Å². The first-order valence-electron chi connectivity index (χ1n) is 6.12. The Labute approximate surface area is 113 Å². The highest BCUT2D eigenvalue weighted by atomic mass is 16.5. The normalized spacial score (nSPS) is 11.5. The highest BCUT2D eigenvalue weighted by molar-refractivity contribution is 5.94. The van der Waals surface area contributed by atoms with Crippen LogP contribution in [-0.4, -0.2) is 30.4 Å². The van der Waals surface area contributed by atoms with Gasteiger partial charge in [-0.1, -0.05) is 36.4 Å². The summed E-state index contributed by atoms with van der Waals surface area (Å²) in [6, 6.07) is 9.55. The Morgan fingerprint density at radius 1 is 1.37 bits per heavy atom. The van der Waals surface area contributed by atoms with Crippen LogP contribution in [0, 0.1) is 0 Å². The Balaban J connectivity index is 2.84. The quantitative estimate of drug-likeness (QED) is 0.448. The molecule has 4 nitrogen and oxygen atoms in total. The van der Waals surface area contributed by atoms with Gasteiger partial charge in [0.2, 0.25) is 5.91 Å². The van der Waals surface area contributed by atoms with E-state index in [0.717, 1.165) is 5.56 Å². The molecule has 19 heavy (non-hydrogen) atoms. The third-order valence-corrected chi connectivity index (χ3v) is 2.92. The van der Waals surface area contributed by atoms with Crippen molar-refractivity contribution in [1.29, 1.82) is 0 Å². The van der Waals surface area contributed by atoms with Crippen molar-refractivity contribution in [3.63, 3.8) is 0 Å². The van der Waals surface area contributed by atoms with E-state index in [2.05, 4.69) is 11.3 Å². The van der Waals surface area contributed by atoms with Crippen molar-refractivity contribution < 1.29 is 14.3 Å². The van der Waals surface area contributed by atoms with Crippen LogP contribution >= 0.6 is 0 Å². The summed E-state index contributed by atoms with van der Waals surface area (Å²) in [6.45, 7) is 5.97. The second kappa shape index (κ2) is 7.36. The molecule has 1 aromatic carbocycles. The fraction of sp³-hybridized carbons (Fsp3) is 0.333. The largest absolute Gasteiger partial charge is 0.469 e. The Hall–Kier alpha value is -2.10. The molecule has 0 spiro atoms. The third kappa shape index (κ3) is 4.25. The SMILES string of the molecule is C=CCN(C(=O)CC(=O)OC)[C@@H](C)c1ccccc1. The maximum absolute atomic E-state index is 12.1. The Kier molecular flexibility index (Phi) is 5.79. The maximum Gasteiger partial charge on any atom is 0.315 e. The van der Waals surface area contributed by atoms with E-state index in [1.165, 1.54) is 7.11 Å². The fourth-order valence-electron chi connectivity index (χ4n) is 1.82. The number of amides is 1. The number of esters is 1. The summed E-state index contributed by atoms with van der Waals surface area (Å²) in [6.07, 6.45) is 1.40. The lowest BCUT2D eigenvalue weighted by Crippen LogP contribution is -2.35. The van der Waals surface area contributed by atoms with Crippen LogP contribution in [0.5, 0.6) is 0 Å². The molecule has 0 aliphatic carbocycles. The zero-order chi connectivity index (χ0) is 14.3. The molecule has 0 saturated heterocycles. The predicted molar refractivity (Wildman–Crippen MR) is 73.4 cm³/mol. The van der Waals surface area contributed by atoms with E-state index in [9.17, 15) is 9.59 Å². The first kappa shape index (κ1) is 15.0. The molecule has 0 heterocycles. The molecule has 0 N–H and O–H groups in total. The van der Waals surface area contributed by atoms with Gasteiger partial charge in [0, 0.05) is 6.54 Å². The van der Waals surface area contributed by atoms with E-state index < -0.39 is 5.97 Å². The lowest BCUT2D eigenvalue weighted by atomic mass is 10.1. The predicted octanol–water partition coefficient (Wildman–Crippen LogP) is 2.33. The summed E-state index contributed by atoms with van der Waals surface area (Å²) in [4.78, 5) is 24.9. The third-order valence-electron chi connectivity index (χ3n) is 2.92. The highest BCUT2D eigenvalue weighted by Gasteiger charge is 2.22. The van der Waals surface area contributed by atoms with Gasteiger partial charge in [-0.3, -0.25) is 9.59 Å². The van der Waals surface area contributed by atoms with Gasteiger partial charge in [0.05, 0.1) is 13.2 Å². The summed E-state index contributed by atoms with van der Waals surface area (Å²) in [5.74, 6) is -0.789. The standard InChI is InChI=1S/C15H19NO3/c1-4-10-16(14(17)11-15(18)19-3)12(2)13-8-6-5-7-9-13/h4-9,12H,1,10-11H2,2-3H3/t12-/m0/s1. The second-order valence-corrected chi connectivity index (χ2v) is 4.17. The Morgan fingerprint density at radius 2 is 2.00 bits per heavy atom. The number of hydrogen-bond acceptors (Lipinski definition) is 3. The lowest BCUT2D eigenvalue weighted by molar-refractivity contribution is -0.147. The summed E-state index contributed by atoms with van der Waals surface area (Å²) >= 11 is 0. The first-order chi connectivity index (χ1) is 9.10. The molecule has 4 heteroatoms. The Bertz CT molecular complexity index is 442. The van der Waals surface area contributed by atoms with E-state index in [1.807, 2.05) is 37.3 Å². The van der Waals surface area contributed by atoms with Crippen LogP contribution in [0.25, 0.3) is 0 Å². The summed E-state index contributed by atoms with van der Waals surface area (Å²) in [7, 11) is 1.27. The van der Waals surface area contributed by atoms with E-state index >= 15 is 0 Å². The van der Waals surface area contributed by atoms with Gasteiger partial charge in [-0.2, -0.15) is 0 Å². The molecule has 0 saturated carbocycles. The van der Waals surface area contributed by atoms with E-state index in [-0.39, 0.29) is 18.4 Å². The van der Waals surface area contributed by atoms with E-state index in [0.29, 0.717) is 6.54 Å². The van der Waals surface area contributed by atoms with Crippen LogP contribution in [0.15, 0.2) is 43.0 Å². The average molecular weight is 261 g/mol. The van der Waals surface area contributed by atoms with Gasteiger partial charge < -0.3 is 9.64 Å². The van der Waals surface area contributed by atoms with Gasteiger partial charge in [-0.05, 0) is 12.5 Å². The molecule has 1 aromatic rings. The molecule has 0 aliphatic heterocycles. The average Bonchev–Trinajstić information content (AvgIpc) is 2.44. The topological polar surface area (TPSA) is 46.6 Å². The molecule has 0 unspecified atom stereocenters. The summed E-state index contributed by atoms with van der Waals surface area (Å²) in [5, 5.41) is 0. The number of rotatable bonds is 6. The van der Waals surface area contributed by atoms with Crippen molar-refractivity contribution in [2.45, 2.75) is 19.4 Å². The van der Waals surface area contributed by atoms with Crippen molar-refractivity contribution in [3.05, 3.63) is 48.6 Å². The summed E-state index contributed by atoms with van der Waals surface area (Å²) < 4.78 is 4.52. The Morgan fingerprint density at radius 3 is 2.53 bits per heavy atom. The van der Waals surface area contributed by atoms with Crippen LogP contribution in [0.4, 0.5) is 0 Å². The molecule has 0 aliphatic rings. The molecule has 0 radical (unpaired) electrons. The smallest absolute Gasteiger partial charge is 0.315 e. The highest BCUT2D eigenvalue weighted by Crippen LogP contribution is 2.20. The fourth-order valence-corrected chi connectivity index (χ4v) is 1.82. The maximum atomic E-state index is 12.1. The van der Waals surface area contributed by atoms with Gasteiger partial charge in [-0.25, -0.2) is 0 Å². The van der Waals surface area contributed by atoms with Crippen LogP contribution in [-0.2, 0) is 14.3 Å². The molecular formula is C15H19NO3. The minimum absolute atomic E-state index is 0.114. The zero-order valence-corrected chi connectivity index (χ0v) is 11.3. The van der Waals surface area contributed by atoms with Crippen LogP contribution in [0.1, 0.15) is 24.9 Å². The monoisotopic (exact) mass is 261 g/mol. The van der Waals surface area contributed by atoms with Gasteiger partial charge in [0.15, 0.2) is 0 Å². The minimum Gasteiger partial charge on any atom is -0.469 e. The minimum atomic E-state index is -0.528. The van der Waals surface area contributed by atoms with E-state index in [4.69, 9.17) is 0 Å². The first-order valence-corrected chi connectivity index (χ1v) is 6.12. The molecular weight excluding hydrogens is 242 g/mol. The molecule has 1 amide bonds. The van der Waals surface area contributed by atoms with Gasteiger partial charge in [0.1, 0.15) is 6.42 Å². The molecule has 1 atom stereocenters. The number of nitrogens with zero attached hydrogens (tertiary/aromatic N) is 1. The van der Waals surface area contributed by atoms with Crippen LogP contribution in [0.3, 0.4) is 0 Å². The molecule has 0 aromatic heterocycles. The zero-order valence-electron chi connectivity index (χ0n) is 11.3. The van der Waals surface area contributed by atoms with Gasteiger partial charge in [0.25, 0.3) is 0 Å².